The zero-order chi connectivity index (χ0) is 16.7. The van der Waals surface area contributed by atoms with Gasteiger partial charge in [0.15, 0.2) is 0 Å². The van der Waals surface area contributed by atoms with E-state index in [1.54, 1.807) is 27.7 Å². The van der Waals surface area contributed by atoms with Gasteiger partial charge in [-0.2, -0.15) is 0 Å². The first-order valence-corrected chi connectivity index (χ1v) is 8.30. The average molecular weight is 371 g/mol. The Hall–Kier alpha value is -1.36. The minimum absolute atomic E-state index is 0.286. The molecule has 0 saturated heterocycles. The SMILES string of the molecule is CCOC(=O)C(C)C(c1ccc(Br)cc1)C(C)C(=O)OCC. The third-order valence-corrected chi connectivity index (χ3v) is 4.18. The van der Waals surface area contributed by atoms with Crippen LogP contribution >= 0.6 is 15.9 Å². The van der Waals surface area contributed by atoms with Gasteiger partial charge in [0.1, 0.15) is 0 Å². The summed E-state index contributed by atoms with van der Waals surface area (Å²) >= 11 is 3.39. The lowest BCUT2D eigenvalue weighted by Crippen LogP contribution is -2.31. The molecule has 5 heteroatoms. The van der Waals surface area contributed by atoms with E-state index in [2.05, 4.69) is 15.9 Å². The Labute approximate surface area is 140 Å². The first-order chi connectivity index (χ1) is 10.4. The molecule has 0 amide bonds. The molecule has 0 bridgehead atoms. The number of benzene rings is 1. The van der Waals surface area contributed by atoms with Crippen molar-refractivity contribution in [1.82, 2.24) is 0 Å². The molecule has 0 aliphatic heterocycles. The first-order valence-electron chi connectivity index (χ1n) is 7.51. The van der Waals surface area contributed by atoms with Gasteiger partial charge < -0.3 is 9.47 Å². The van der Waals surface area contributed by atoms with Gasteiger partial charge in [-0.05, 0) is 31.5 Å². The van der Waals surface area contributed by atoms with Gasteiger partial charge in [0.05, 0.1) is 25.0 Å². The summed E-state index contributed by atoms with van der Waals surface area (Å²) < 4.78 is 11.2. The van der Waals surface area contributed by atoms with E-state index in [4.69, 9.17) is 9.47 Å². The van der Waals surface area contributed by atoms with Gasteiger partial charge >= 0.3 is 11.9 Å². The van der Waals surface area contributed by atoms with Crippen molar-refractivity contribution in [3.05, 3.63) is 34.3 Å². The summed E-state index contributed by atoms with van der Waals surface area (Å²) in [5, 5.41) is 0. The molecule has 0 aliphatic rings. The van der Waals surface area contributed by atoms with Crippen LogP contribution < -0.4 is 0 Å². The van der Waals surface area contributed by atoms with Crippen LogP contribution in [0.3, 0.4) is 0 Å². The first kappa shape index (κ1) is 18.7. The number of rotatable bonds is 7. The van der Waals surface area contributed by atoms with Crippen LogP contribution in [0.15, 0.2) is 28.7 Å². The molecular weight excluding hydrogens is 348 g/mol. The van der Waals surface area contributed by atoms with E-state index in [9.17, 15) is 9.59 Å². The lowest BCUT2D eigenvalue weighted by Gasteiger charge is -2.27. The topological polar surface area (TPSA) is 52.6 Å². The smallest absolute Gasteiger partial charge is 0.309 e. The van der Waals surface area contributed by atoms with Crippen LogP contribution in [0, 0.1) is 11.8 Å². The molecule has 0 N–H and O–H groups in total. The van der Waals surface area contributed by atoms with Crippen LogP contribution in [0.1, 0.15) is 39.2 Å². The van der Waals surface area contributed by atoms with Gasteiger partial charge in [-0.15, -0.1) is 0 Å². The molecule has 0 radical (unpaired) electrons. The summed E-state index contributed by atoms with van der Waals surface area (Å²) in [5.74, 6) is -1.75. The lowest BCUT2D eigenvalue weighted by molar-refractivity contribution is -0.152. The van der Waals surface area contributed by atoms with Crippen molar-refractivity contribution in [2.45, 2.75) is 33.6 Å². The Bertz CT molecular complexity index is 474. The number of hydrogen-bond donors (Lipinski definition) is 0. The van der Waals surface area contributed by atoms with Crippen LogP contribution in [-0.2, 0) is 19.1 Å². The average Bonchev–Trinajstić information content (AvgIpc) is 2.49. The number of hydrogen-bond acceptors (Lipinski definition) is 4. The molecule has 1 aromatic rings. The summed E-state index contributed by atoms with van der Waals surface area (Å²) in [5.41, 5.74) is 0.921. The molecule has 4 nitrogen and oxygen atoms in total. The Kier molecular flexibility index (Phi) is 7.59. The standard InChI is InChI=1S/C17H23BrO4/c1-5-21-16(19)11(3)15(12(4)17(20)22-6-2)13-7-9-14(18)10-8-13/h7-12,15H,5-6H2,1-4H3. The van der Waals surface area contributed by atoms with Gasteiger partial charge in [-0.1, -0.05) is 41.9 Å². The summed E-state index contributed by atoms with van der Waals surface area (Å²) in [6.07, 6.45) is 0. The van der Waals surface area contributed by atoms with Gasteiger partial charge in [0, 0.05) is 10.4 Å². The van der Waals surface area contributed by atoms with Crippen LogP contribution in [0.25, 0.3) is 0 Å². The predicted molar refractivity (Wildman–Crippen MR) is 88.5 cm³/mol. The molecule has 0 fully saturated rings. The minimum atomic E-state index is -0.430. The van der Waals surface area contributed by atoms with Crippen molar-refractivity contribution in [2.24, 2.45) is 11.8 Å². The molecule has 0 aromatic heterocycles. The Morgan fingerprint density at radius 1 is 0.955 bits per heavy atom. The quantitative estimate of drug-likeness (QED) is 0.682. The van der Waals surface area contributed by atoms with E-state index >= 15 is 0 Å². The fourth-order valence-corrected chi connectivity index (χ4v) is 2.80. The molecule has 22 heavy (non-hydrogen) atoms. The number of carbonyl (C=O) groups excluding carboxylic acids is 2. The molecule has 1 aromatic carbocycles. The fourth-order valence-electron chi connectivity index (χ4n) is 2.54. The molecule has 0 spiro atoms. The molecule has 1 rings (SSSR count). The van der Waals surface area contributed by atoms with Crippen LogP contribution in [-0.4, -0.2) is 25.2 Å². The minimum Gasteiger partial charge on any atom is -0.466 e. The van der Waals surface area contributed by atoms with E-state index in [0.29, 0.717) is 13.2 Å². The Balaban J connectivity index is 3.11. The second-order valence-corrected chi connectivity index (χ2v) is 6.07. The highest BCUT2D eigenvalue weighted by atomic mass is 79.9. The summed E-state index contributed by atoms with van der Waals surface area (Å²) in [6.45, 7) is 7.77. The van der Waals surface area contributed by atoms with Gasteiger partial charge in [-0.3, -0.25) is 9.59 Å². The molecule has 2 atom stereocenters. The lowest BCUT2D eigenvalue weighted by atomic mass is 9.78. The van der Waals surface area contributed by atoms with Gasteiger partial charge in [0.25, 0.3) is 0 Å². The Morgan fingerprint density at radius 2 is 1.36 bits per heavy atom. The third kappa shape index (κ3) is 4.83. The summed E-state index contributed by atoms with van der Waals surface area (Å²) in [4.78, 5) is 24.3. The molecule has 2 unspecified atom stereocenters. The number of halogens is 1. The van der Waals surface area contributed by atoms with Crippen molar-refractivity contribution >= 4 is 27.9 Å². The monoisotopic (exact) mass is 370 g/mol. The molecule has 0 aliphatic carbocycles. The second-order valence-electron chi connectivity index (χ2n) is 5.16. The highest BCUT2D eigenvalue weighted by Crippen LogP contribution is 2.34. The van der Waals surface area contributed by atoms with Crippen LogP contribution in [0.5, 0.6) is 0 Å². The normalized spacial score (nSPS) is 14.8. The van der Waals surface area contributed by atoms with Crippen molar-refractivity contribution in [1.29, 1.82) is 0 Å². The fraction of sp³-hybridized carbons (Fsp3) is 0.529. The molecule has 0 saturated carbocycles. The second kappa shape index (κ2) is 8.93. The largest absolute Gasteiger partial charge is 0.466 e. The predicted octanol–water partition coefficient (Wildman–Crippen LogP) is 3.93. The van der Waals surface area contributed by atoms with E-state index in [-0.39, 0.29) is 17.9 Å². The molecule has 0 heterocycles. The third-order valence-electron chi connectivity index (χ3n) is 3.65. The number of carbonyl (C=O) groups is 2. The van der Waals surface area contributed by atoms with Gasteiger partial charge in [0.2, 0.25) is 0 Å². The zero-order valence-electron chi connectivity index (χ0n) is 13.5. The van der Waals surface area contributed by atoms with E-state index < -0.39 is 11.8 Å². The Morgan fingerprint density at radius 3 is 1.73 bits per heavy atom. The van der Waals surface area contributed by atoms with E-state index in [1.807, 2.05) is 24.3 Å². The van der Waals surface area contributed by atoms with Crippen molar-refractivity contribution in [3.8, 4) is 0 Å². The highest BCUT2D eigenvalue weighted by Gasteiger charge is 2.35. The maximum absolute atomic E-state index is 12.1. The van der Waals surface area contributed by atoms with E-state index in [0.717, 1.165) is 10.0 Å². The molecule has 122 valence electrons. The maximum atomic E-state index is 12.1. The zero-order valence-corrected chi connectivity index (χ0v) is 15.1. The number of ether oxygens (including phenoxy) is 2. The van der Waals surface area contributed by atoms with Crippen molar-refractivity contribution < 1.29 is 19.1 Å². The maximum Gasteiger partial charge on any atom is 0.309 e. The van der Waals surface area contributed by atoms with Crippen LogP contribution in [0.4, 0.5) is 0 Å². The van der Waals surface area contributed by atoms with Crippen molar-refractivity contribution in [3.63, 3.8) is 0 Å². The van der Waals surface area contributed by atoms with Crippen LogP contribution in [0.2, 0.25) is 0 Å². The summed E-state index contributed by atoms with van der Waals surface area (Å²) in [7, 11) is 0. The van der Waals surface area contributed by atoms with Crippen molar-refractivity contribution in [2.75, 3.05) is 13.2 Å². The molecular formula is C17H23BrO4. The highest BCUT2D eigenvalue weighted by molar-refractivity contribution is 9.10. The number of esters is 2. The van der Waals surface area contributed by atoms with Gasteiger partial charge in [-0.25, -0.2) is 0 Å². The van der Waals surface area contributed by atoms with E-state index in [1.165, 1.54) is 0 Å². The summed E-state index contributed by atoms with van der Waals surface area (Å²) in [6, 6.07) is 7.64.